The van der Waals surface area contributed by atoms with Crippen molar-refractivity contribution in [2.45, 2.75) is 75.0 Å². The lowest BCUT2D eigenvalue weighted by molar-refractivity contribution is -0.271. The highest BCUT2D eigenvalue weighted by Crippen LogP contribution is 2.51. The maximum atomic E-state index is 11.6. The first-order valence-corrected chi connectivity index (χ1v) is 14.9. The summed E-state index contributed by atoms with van der Waals surface area (Å²) in [6, 6.07) is 8.33. The van der Waals surface area contributed by atoms with Gasteiger partial charge in [0.15, 0.2) is 23.3 Å². The van der Waals surface area contributed by atoms with Crippen LogP contribution >= 0.6 is 0 Å². The molecule has 2 fully saturated rings. The number of carbonyl (C=O) groups is 1. The molecule has 8 N–H and O–H groups in total. The number of rotatable bonds is 10. The van der Waals surface area contributed by atoms with Crippen LogP contribution in [-0.4, -0.2) is 91.6 Å². The summed E-state index contributed by atoms with van der Waals surface area (Å²) in [4.78, 5) is 15.8. The van der Waals surface area contributed by atoms with Crippen molar-refractivity contribution in [2.24, 2.45) is 4.99 Å². The quantitative estimate of drug-likeness (QED) is 0.193. The Morgan fingerprint density at radius 1 is 1.00 bits per heavy atom. The van der Waals surface area contributed by atoms with E-state index in [1.807, 2.05) is 6.08 Å². The third kappa shape index (κ3) is 6.37. The number of hydrogen-bond acceptors (Lipinski definition) is 11. The fourth-order valence-electron chi connectivity index (χ4n) is 5.74. The first kappa shape index (κ1) is 31.4. The van der Waals surface area contributed by atoms with Crippen LogP contribution in [0.4, 0.5) is 0 Å². The lowest BCUT2D eigenvalue weighted by Gasteiger charge is -2.38. The van der Waals surface area contributed by atoms with E-state index < -0.39 is 48.5 Å². The second-order valence-corrected chi connectivity index (χ2v) is 11.4. The summed E-state index contributed by atoms with van der Waals surface area (Å²) in [7, 11) is 0. The first-order valence-electron chi connectivity index (χ1n) is 14.9. The molecule has 3 heterocycles. The predicted octanol–water partition coefficient (Wildman–Crippen LogP) is 0.954. The van der Waals surface area contributed by atoms with Gasteiger partial charge in [-0.2, -0.15) is 0 Å². The van der Waals surface area contributed by atoms with Crippen LogP contribution in [0.3, 0.4) is 0 Å². The highest BCUT2D eigenvalue weighted by Gasteiger charge is 2.48. The highest BCUT2D eigenvalue weighted by molar-refractivity contribution is 6.13. The van der Waals surface area contributed by atoms with Gasteiger partial charge >= 0.3 is 11.8 Å². The topological polar surface area (TPSA) is 223 Å². The summed E-state index contributed by atoms with van der Waals surface area (Å²) in [5.41, 5.74) is 1.42. The Morgan fingerprint density at radius 3 is 2.41 bits per heavy atom. The second-order valence-electron chi connectivity index (χ2n) is 11.4. The van der Waals surface area contributed by atoms with Crippen molar-refractivity contribution in [2.75, 3.05) is 6.61 Å². The normalized spacial score (nSPS) is 27.4. The summed E-state index contributed by atoms with van der Waals surface area (Å²) >= 11 is 0. The number of fused-ring (bicyclic) bond motifs is 1. The number of nitrogens with two attached hydrogens (primary N) is 1. The van der Waals surface area contributed by atoms with E-state index >= 15 is 0 Å². The third-order valence-corrected chi connectivity index (χ3v) is 8.20. The molecule has 2 aromatic rings. The zero-order chi connectivity index (χ0) is 32.5. The molecule has 0 bridgehead atoms. The number of aliphatic carboxylic acids is 1. The van der Waals surface area contributed by atoms with Crippen molar-refractivity contribution in [1.29, 1.82) is 0 Å². The standard InChI is InChI=1S/C32H34N2O12/c33-23-10-7-16(34-23)11-12-42-17-8-5-15(6-9-17)20-13-19(35)24-21(44-20)14-22(29(25(24)36)43-18-3-1-2-4-18)45-32-28(39)26(37)27(38)30(46-32)31(40)41/h5-10,13-14,18,20,26-28,30,32-33,35-39H,1-4,11-12H2,(H,40,41)/p+1. The van der Waals surface area contributed by atoms with Crippen LogP contribution in [-0.2, 0) is 9.53 Å². The Bertz CT molecular complexity index is 1580. The van der Waals surface area contributed by atoms with E-state index in [9.17, 15) is 35.4 Å². The molecule has 0 spiro atoms. The van der Waals surface area contributed by atoms with Gasteiger partial charge in [0.2, 0.25) is 12.0 Å². The average molecular weight is 640 g/mol. The van der Waals surface area contributed by atoms with Crippen LogP contribution in [0.2, 0.25) is 0 Å². The Hall–Kier alpha value is -4.63. The number of benzene rings is 2. The van der Waals surface area contributed by atoms with Crippen LogP contribution in [0.15, 0.2) is 53.6 Å². The summed E-state index contributed by atoms with van der Waals surface area (Å²) in [5.74, 6) is -1.69. The van der Waals surface area contributed by atoms with Crippen molar-refractivity contribution in [3.05, 3.63) is 59.7 Å². The van der Waals surface area contributed by atoms with E-state index in [1.165, 1.54) is 12.1 Å². The van der Waals surface area contributed by atoms with E-state index in [0.29, 0.717) is 43.0 Å². The summed E-state index contributed by atoms with van der Waals surface area (Å²) in [6.45, 7) is 0.389. The molecule has 0 amide bonds. The number of carboxylic acid groups (broad SMARTS) is 1. The highest BCUT2D eigenvalue weighted by atomic mass is 16.7. The van der Waals surface area contributed by atoms with Crippen molar-refractivity contribution in [3.8, 4) is 28.7 Å². The Balaban J connectivity index is 1.24. The molecule has 14 nitrogen and oxygen atoms in total. The van der Waals surface area contributed by atoms with Gasteiger partial charge < -0.3 is 54.3 Å². The van der Waals surface area contributed by atoms with E-state index in [-0.39, 0.29) is 34.7 Å². The Kier molecular flexibility index (Phi) is 8.86. The fraction of sp³-hybridized carbons (Fsp3) is 0.406. The van der Waals surface area contributed by atoms with Gasteiger partial charge in [-0.15, -0.1) is 0 Å². The minimum absolute atomic E-state index is 0.00117. The molecule has 4 aliphatic rings. The molecule has 6 unspecified atom stereocenters. The number of amidine groups is 1. The van der Waals surface area contributed by atoms with Gasteiger partial charge in [0.1, 0.15) is 47.2 Å². The number of nitrogens with zero attached hydrogens (tertiary/aromatic N) is 1. The fourth-order valence-corrected chi connectivity index (χ4v) is 5.74. The number of allylic oxidation sites excluding steroid dienone is 1. The predicted molar refractivity (Wildman–Crippen MR) is 160 cm³/mol. The zero-order valence-electron chi connectivity index (χ0n) is 24.6. The number of ether oxygens (including phenoxy) is 5. The van der Waals surface area contributed by atoms with Crippen molar-refractivity contribution >= 4 is 23.3 Å². The number of carboxylic acids is 1. The lowest BCUT2D eigenvalue weighted by atomic mass is 9.99. The van der Waals surface area contributed by atoms with Gasteiger partial charge in [-0.25, -0.2) is 4.79 Å². The maximum absolute atomic E-state index is 11.6. The minimum Gasteiger partial charge on any atom is -0.507 e. The number of aliphatic hydroxyl groups excluding tert-OH is 4. The van der Waals surface area contributed by atoms with E-state index in [4.69, 9.17) is 29.1 Å². The molecule has 3 aliphatic heterocycles. The molecule has 1 saturated carbocycles. The first-order chi connectivity index (χ1) is 22.1. The molecule has 244 valence electrons. The maximum Gasteiger partial charge on any atom is 0.335 e. The van der Waals surface area contributed by atoms with E-state index in [1.54, 1.807) is 30.3 Å². The van der Waals surface area contributed by atoms with Crippen molar-refractivity contribution in [1.82, 2.24) is 0 Å². The summed E-state index contributed by atoms with van der Waals surface area (Å²) in [6.07, 6.45) is -1.67. The average Bonchev–Trinajstić information content (AvgIpc) is 3.70. The SMILES string of the molecule is [NH2+]=C1C=CC(CCOc2ccc(C3C=C(O)c4c(cc(OC5OC(C(=O)O)C(O)C(O)C5O)c(OC5CCCC5)c4O)O3)cc2)=N1. The number of aromatic hydroxyl groups is 1. The van der Waals surface area contributed by atoms with Gasteiger partial charge in [-0.05, 0) is 54.4 Å². The molecule has 6 rings (SSSR count). The van der Waals surface area contributed by atoms with Crippen LogP contribution in [0.1, 0.15) is 49.3 Å². The molecule has 1 saturated heterocycles. The van der Waals surface area contributed by atoms with Gasteiger partial charge in [-0.3, -0.25) is 5.41 Å². The Morgan fingerprint density at radius 2 is 1.74 bits per heavy atom. The van der Waals surface area contributed by atoms with Crippen molar-refractivity contribution < 1.29 is 64.5 Å². The molecule has 14 heteroatoms. The number of aliphatic hydroxyl groups is 4. The smallest absolute Gasteiger partial charge is 0.335 e. The molecule has 0 radical (unpaired) electrons. The van der Waals surface area contributed by atoms with Crippen LogP contribution in [0.5, 0.6) is 28.7 Å². The Labute approximate surface area is 262 Å². The van der Waals surface area contributed by atoms with Crippen LogP contribution in [0.25, 0.3) is 5.76 Å². The van der Waals surface area contributed by atoms with Gasteiger partial charge in [-0.1, -0.05) is 12.1 Å². The molecular weight excluding hydrogens is 604 g/mol. The molecule has 1 aliphatic carbocycles. The lowest BCUT2D eigenvalue weighted by Crippen LogP contribution is -2.61. The summed E-state index contributed by atoms with van der Waals surface area (Å²) in [5, 5.41) is 68.4. The van der Waals surface area contributed by atoms with E-state index in [0.717, 1.165) is 18.6 Å². The largest absolute Gasteiger partial charge is 0.507 e. The van der Waals surface area contributed by atoms with Crippen LogP contribution in [0, 0.1) is 0 Å². The van der Waals surface area contributed by atoms with E-state index in [2.05, 4.69) is 4.99 Å². The summed E-state index contributed by atoms with van der Waals surface area (Å²) < 4.78 is 29.1. The van der Waals surface area contributed by atoms with Gasteiger partial charge in [0.05, 0.1) is 12.7 Å². The third-order valence-electron chi connectivity index (χ3n) is 8.20. The van der Waals surface area contributed by atoms with Crippen molar-refractivity contribution in [3.63, 3.8) is 0 Å². The van der Waals surface area contributed by atoms with Crippen LogP contribution < -0.4 is 24.4 Å². The molecular formula is C32H35N2O12+. The number of phenolic OH excluding ortho intramolecular Hbond substituents is 1. The zero-order valence-corrected chi connectivity index (χ0v) is 24.6. The molecule has 6 atom stereocenters. The number of hydrogen-bond donors (Lipinski definition) is 7. The molecule has 46 heavy (non-hydrogen) atoms. The second kappa shape index (κ2) is 13.0. The number of aliphatic imine (C=N–C) groups is 1. The monoisotopic (exact) mass is 639 g/mol. The van der Waals surface area contributed by atoms with Gasteiger partial charge in [0, 0.05) is 24.6 Å². The minimum atomic E-state index is -1.92. The molecule has 0 aromatic heterocycles. The number of phenols is 1. The molecule has 2 aromatic carbocycles. The van der Waals surface area contributed by atoms with Gasteiger partial charge in [0.25, 0.3) is 0 Å².